The summed E-state index contributed by atoms with van der Waals surface area (Å²) in [7, 11) is 4.21. The summed E-state index contributed by atoms with van der Waals surface area (Å²) in [4.78, 5) is 9.05. The van der Waals surface area contributed by atoms with Crippen LogP contribution in [0.4, 0.5) is 0 Å². The highest BCUT2D eigenvalue weighted by atomic mass is 15.3. The van der Waals surface area contributed by atoms with Gasteiger partial charge >= 0.3 is 0 Å². The number of guanidine groups is 1. The number of hydrogen-bond acceptors (Lipinski definition) is 2. The Kier molecular flexibility index (Phi) is 6.34. The number of nitrogens with two attached hydrogens (primary N) is 1. The van der Waals surface area contributed by atoms with E-state index < -0.39 is 0 Å². The Morgan fingerprint density at radius 3 is 2.41 bits per heavy atom. The summed E-state index contributed by atoms with van der Waals surface area (Å²) in [5.74, 6) is 0.748. The van der Waals surface area contributed by atoms with E-state index in [4.69, 9.17) is 5.73 Å². The Labute approximate surface area is 106 Å². The molecule has 0 bridgehead atoms. The van der Waals surface area contributed by atoms with E-state index >= 15 is 0 Å². The molecule has 1 fully saturated rings. The van der Waals surface area contributed by atoms with E-state index in [-0.39, 0.29) is 0 Å². The quantitative estimate of drug-likeness (QED) is 0.565. The SMILES string of the molecule is CCN(CCCN(C)C)C(N)=NC1CCCC1. The van der Waals surface area contributed by atoms with Gasteiger partial charge in [0.2, 0.25) is 0 Å². The molecular formula is C13H28N4. The number of aliphatic imine (C=N–C) groups is 1. The molecule has 0 heterocycles. The largest absolute Gasteiger partial charge is 0.370 e. The summed E-state index contributed by atoms with van der Waals surface area (Å²) >= 11 is 0. The van der Waals surface area contributed by atoms with Crippen molar-refractivity contribution >= 4 is 5.96 Å². The first-order valence-corrected chi connectivity index (χ1v) is 6.86. The summed E-state index contributed by atoms with van der Waals surface area (Å²) in [6.07, 6.45) is 6.20. The fourth-order valence-electron chi connectivity index (χ4n) is 2.31. The average Bonchev–Trinajstić information content (AvgIpc) is 2.76. The molecule has 1 rings (SSSR count). The van der Waals surface area contributed by atoms with Crippen LogP contribution in [0.1, 0.15) is 39.0 Å². The van der Waals surface area contributed by atoms with Gasteiger partial charge < -0.3 is 15.5 Å². The van der Waals surface area contributed by atoms with E-state index in [0.29, 0.717) is 6.04 Å². The van der Waals surface area contributed by atoms with E-state index in [1.54, 1.807) is 0 Å². The molecule has 17 heavy (non-hydrogen) atoms. The first-order chi connectivity index (χ1) is 8.13. The molecule has 0 aromatic rings. The number of nitrogens with zero attached hydrogens (tertiary/aromatic N) is 3. The minimum Gasteiger partial charge on any atom is -0.370 e. The fraction of sp³-hybridized carbons (Fsp3) is 0.923. The van der Waals surface area contributed by atoms with Gasteiger partial charge in [0.1, 0.15) is 0 Å². The van der Waals surface area contributed by atoms with Crippen LogP contribution in [0.25, 0.3) is 0 Å². The number of hydrogen-bond donors (Lipinski definition) is 1. The lowest BCUT2D eigenvalue weighted by atomic mass is 10.3. The van der Waals surface area contributed by atoms with Gasteiger partial charge in [-0.1, -0.05) is 12.8 Å². The maximum Gasteiger partial charge on any atom is 0.191 e. The molecule has 0 atom stereocenters. The van der Waals surface area contributed by atoms with Gasteiger partial charge in [-0.15, -0.1) is 0 Å². The Morgan fingerprint density at radius 1 is 1.24 bits per heavy atom. The third kappa shape index (κ3) is 5.39. The highest BCUT2D eigenvalue weighted by Crippen LogP contribution is 2.20. The molecular weight excluding hydrogens is 212 g/mol. The van der Waals surface area contributed by atoms with Gasteiger partial charge in [-0.3, -0.25) is 0 Å². The average molecular weight is 240 g/mol. The van der Waals surface area contributed by atoms with Crippen molar-refractivity contribution in [1.29, 1.82) is 0 Å². The molecule has 2 N–H and O–H groups in total. The van der Waals surface area contributed by atoms with Crippen molar-refractivity contribution in [2.45, 2.75) is 45.1 Å². The van der Waals surface area contributed by atoms with Gasteiger partial charge in [0.25, 0.3) is 0 Å². The van der Waals surface area contributed by atoms with E-state index in [0.717, 1.165) is 32.0 Å². The zero-order chi connectivity index (χ0) is 12.7. The van der Waals surface area contributed by atoms with Crippen molar-refractivity contribution < 1.29 is 0 Å². The Hall–Kier alpha value is -0.770. The minimum atomic E-state index is 0.484. The standard InChI is InChI=1S/C13H28N4/c1-4-17(11-7-10-16(2)3)13(14)15-12-8-5-6-9-12/h12H,4-11H2,1-3H3,(H2,14,15). The van der Waals surface area contributed by atoms with Gasteiger partial charge in [-0.05, 0) is 46.8 Å². The first kappa shape index (κ1) is 14.3. The highest BCUT2D eigenvalue weighted by Gasteiger charge is 2.15. The van der Waals surface area contributed by atoms with Crippen molar-refractivity contribution in [1.82, 2.24) is 9.80 Å². The maximum atomic E-state index is 6.09. The van der Waals surface area contributed by atoms with E-state index in [2.05, 4.69) is 35.8 Å². The lowest BCUT2D eigenvalue weighted by Gasteiger charge is -2.23. The second-order valence-corrected chi connectivity index (χ2v) is 5.16. The Balaban J connectivity index is 2.36. The van der Waals surface area contributed by atoms with Gasteiger partial charge in [0.15, 0.2) is 5.96 Å². The number of rotatable bonds is 6. The topological polar surface area (TPSA) is 44.9 Å². The third-order valence-electron chi connectivity index (χ3n) is 3.38. The van der Waals surface area contributed by atoms with E-state index in [9.17, 15) is 0 Å². The van der Waals surface area contributed by atoms with Gasteiger partial charge in [0, 0.05) is 13.1 Å². The lowest BCUT2D eigenvalue weighted by molar-refractivity contribution is 0.351. The molecule has 1 aliphatic rings. The predicted molar refractivity (Wildman–Crippen MR) is 74.3 cm³/mol. The van der Waals surface area contributed by atoms with Crippen LogP contribution in [-0.2, 0) is 0 Å². The van der Waals surface area contributed by atoms with Crippen LogP contribution >= 0.6 is 0 Å². The Morgan fingerprint density at radius 2 is 1.88 bits per heavy atom. The summed E-state index contributed by atoms with van der Waals surface area (Å²) in [6, 6.07) is 0.484. The van der Waals surface area contributed by atoms with Crippen LogP contribution in [-0.4, -0.2) is 55.5 Å². The molecule has 0 spiro atoms. The summed E-state index contributed by atoms with van der Waals surface area (Å²) < 4.78 is 0. The van der Waals surface area contributed by atoms with Crippen molar-refractivity contribution in [2.24, 2.45) is 10.7 Å². The first-order valence-electron chi connectivity index (χ1n) is 6.86. The second kappa shape index (κ2) is 7.54. The van der Waals surface area contributed by atoms with Crippen LogP contribution in [0.5, 0.6) is 0 Å². The predicted octanol–water partition coefficient (Wildman–Crippen LogP) is 1.52. The molecule has 0 unspecified atom stereocenters. The third-order valence-corrected chi connectivity index (χ3v) is 3.38. The maximum absolute atomic E-state index is 6.09. The van der Waals surface area contributed by atoms with Crippen LogP contribution in [0.15, 0.2) is 4.99 Å². The minimum absolute atomic E-state index is 0.484. The smallest absolute Gasteiger partial charge is 0.191 e. The second-order valence-electron chi connectivity index (χ2n) is 5.16. The molecule has 1 aliphatic carbocycles. The van der Waals surface area contributed by atoms with Crippen molar-refractivity contribution in [3.63, 3.8) is 0 Å². The van der Waals surface area contributed by atoms with Gasteiger partial charge in [0.05, 0.1) is 6.04 Å². The Bertz CT molecular complexity index is 232. The molecule has 0 aromatic carbocycles. The molecule has 0 radical (unpaired) electrons. The van der Waals surface area contributed by atoms with Crippen LogP contribution in [0, 0.1) is 0 Å². The molecule has 4 heteroatoms. The summed E-state index contributed by atoms with van der Waals surface area (Å²) in [5.41, 5.74) is 6.09. The van der Waals surface area contributed by atoms with Crippen molar-refractivity contribution in [3.8, 4) is 0 Å². The van der Waals surface area contributed by atoms with Gasteiger partial charge in [-0.2, -0.15) is 0 Å². The van der Waals surface area contributed by atoms with Gasteiger partial charge in [-0.25, -0.2) is 4.99 Å². The normalized spacial score (nSPS) is 18.0. The lowest BCUT2D eigenvalue weighted by Crippen LogP contribution is -2.39. The molecule has 4 nitrogen and oxygen atoms in total. The van der Waals surface area contributed by atoms with Crippen molar-refractivity contribution in [3.05, 3.63) is 0 Å². The fourth-order valence-corrected chi connectivity index (χ4v) is 2.31. The molecule has 0 amide bonds. The van der Waals surface area contributed by atoms with E-state index in [1.165, 1.54) is 25.7 Å². The van der Waals surface area contributed by atoms with Crippen LogP contribution in [0.3, 0.4) is 0 Å². The highest BCUT2D eigenvalue weighted by molar-refractivity contribution is 5.78. The molecule has 0 aliphatic heterocycles. The zero-order valence-electron chi connectivity index (χ0n) is 11.7. The molecule has 1 saturated carbocycles. The zero-order valence-corrected chi connectivity index (χ0v) is 11.7. The van der Waals surface area contributed by atoms with Crippen LogP contribution in [0.2, 0.25) is 0 Å². The van der Waals surface area contributed by atoms with Crippen LogP contribution < -0.4 is 5.73 Å². The monoisotopic (exact) mass is 240 g/mol. The van der Waals surface area contributed by atoms with E-state index in [1.807, 2.05) is 0 Å². The summed E-state index contributed by atoms with van der Waals surface area (Å²) in [6.45, 7) is 5.21. The van der Waals surface area contributed by atoms with Crippen molar-refractivity contribution in [2.75, 3.05) is 33.7 Å². The summed E-state index contributed by atoms with van der Waals surface area (Å²) in [5, 5.41) is 0. The molecule has 0 aromatic heterocycles. The molecule has 100 valence electrons. The molecule has 0 saturated heterocycles.